The molecule has 0 bridgehead atoms. The van der Waals surface area contributed by atoms with Crippen LogP contribution in [-0.2, 0) is 17.9 Å². The van der Waals surface area contributed by atoms with Crippen LogP contribution in [0.25, 0.3) is 0 Å². The molecule has 4 rings (SSSR count). The van der Waals surface area contributed by atoms with Crippen molar-refractivity contribution in [3.8, 4) is 0 Å². The number of anilines is 3. The highest BCUT2D eigenvalue weighted by molar-refractivity contribution is 7.09. The van der Waals surface area contributed by atoms with Crippen LogP contribution < -0.4 is 22.3 Å². The summed E-state index contributed by atoms with van der Waals surface area (Å²) in [5.74, 6) is 5.77. The lowest BCUT2D eigenvalue weighted by Gasteiger charge is -2.30. The number of ether oxygens (including phenoxy) is 1. The molecule has 0 spiro atoms. The second kappa shape index (κ2) is 10.7. The molecule has 0 saturated carbocycles. The highest BCUT2D eigenvalue weighted by atomic mass is 35.5. The van der Waals surface area contributed by atoms with Gasteiger partial charge in [-0.25, -0.2) is 9.78 Å². The highest BCUT2D eigenvalue weighted by Gasteiger charge is 2.26. The maximum atomic E-state index is 12.4. The van der Waals surface area contributed by atoms with Crippen molar-refractivity contribution in [1.29, 1.82) is 0 Å². The second-order valence-corrected chi connectivity index (χ2v) is 9.25. The predicted octanol–water partition coefficient (Wildman–Crippen LogP) is 4.79. The topological polar surface area (TPSA) is 119 Å². The number of hydrogen-bond acceptors (Lipinski definition) is 8. The zero-order valence-electron chi connectivity index (χ0n) is 18.1. The van der Waals surface area contributed by atoms with E-state index in [0.29, 0.717) is 41.9 Å². The summed E-state index contributed by atoms with van der Waals surface area (Å²) in [6.45, 7) is 2.19. The zero-order chi connectivity index (χ0) is 23.2. The van der Waals surface area contributed by atoms with Crippen molar-refractivity contribution in [3.05, 3.63) is 69.1 Å². The molecule has 3 aromatic rings. The molecule has 33 heavy (non-hydrogen) atoms. The third-order valence-electron chi connectivity index (χ3n) is 5.63. The van der Waals surface area contributed by atoms with Crippen molar-refractivity contribution in [2.75, 3.05) is 29.6 Å². The Hall–Kier alpha value is -3.01. The molecule has 0 radical (unpaired) electrons. The number of amides is 1. The molecule has 1 amide bonds. The van der Waals surface area contributed by atoms with Crippen LogP contribution in [0.1, 0.15) is 35.0 Å². The number of hydrazine groups is 1. The minimum absolute atomic E-state index is 0.246. The number of carbonyl (C=O) groups excluding carboxylic acids is 1. The smallest absolute Gasteiger partial charge is 0.410 e. The molecular formula is C23H27ClN6O2S. The van der Waals surface area contributed by atoms with Crippen molar-refractivity contribution in [1.82, 2.24) is 9.88 Å². The summed E-state index contributed by atoms with van der Waals surface area (Å²) in [5.41, 5.74) is 12.6. The van der Waals surface area contributed by atoms with Gasteiger partial charge in [0.05, 0.1) is 28.6 Å². The van der Waals surface area contributed by atoms with Crippen LogP contribution in [0, 0.1) is 0 Å². The van der Waals surface area contributed by atoms with Crippen LogP contribution in [0.2, 0.25) is 5.02 Å². The number of benzene rings is 2. The molecule has 1 saturated heterocycles. The van der Waals surface area contributed by atoms with Crippen LogP contribution in [0.3, 0.4) is 0 Å². The summed E-state index contributed by atoms with van der Waals surface area (Å²) < 4.78 is 5.45. The van der Waals surface area contributed by atoms with E-state index in [1.807, 2.05) is 30.3 Å². The lowest BCUT2D eigenvalue weighted by molar-refractivity contribution is 0.0870. The minimum Gasteiger partial charge on any atom is -0.445 e. The van der Waals surface area contributed by atoms with E-state index in [4.69, 9.17) is 32.9 Å². The van der Waals surface area contributed by atoms with E-state index in [9.17, 15) is 4.79 Å². The molecule has 2 heterocycles. The largest absolute Gasteiger partial charge is 0.445 e. The summed E-state index contributed by atoms with van der Waals surface area (Å²) in [4.78, 5) is 19.0. The Labute approximate surface area is 201 Å². The standard InChI is InChI=1S/C23H27ClN6O2S/c24-17-3-1-15(2-4-17)13-32-23(31)30-9-7-16(8-10-30)22-28-19(14-33-22)12-27-18-5-6-21(29-26)20(25)11-18/h1-6,11,14,16,27,29H,7-10,12-13,25-26H2. The highest BCUT2D eigenvalue weighted by Crippen LogP contribution is 2.31. The second-order valence-electron chi connectivity index (χ2n) is 7.92. The fourth-order valence-corrected chi connectivity index (χ4v) is 4.83. The predicted molar refractivity (Wildman–Crippen MR) is 133 cm³/mol. The number of piperidine rings is 1. The van der Waals surface area contributed by atoms with Crippen LogP contribution in [-0.4, -0.2) is 29.1 Å². The average molecular weight is 487 g/mol. The van der Waals surface area contributed by atoms with E-state index in [-0.39, 0.29) is 12.7 Å². The molecule has 0 unspecified atom stereocenters. The van der Waals surface area contributed by atoms with E-state index < -0.39 is 0 Å². The van der Waals surface area contributed by atoms with Crippen molar-refractivity contribution >= 4 is 46.1 Å². The maximum Gasteiger partial charge on any atom is 0.410 e. The van der Waals surface area contributed by atoms with Crippen molar-refractivity contribution < 1.29 is 9.53 Å². The first kappa shape index (κ1) is 23.2. The van der Waals surface area contributed by atoms with E-state index in [1.54, 1.807) is 28.4 Å². The average Bonchev–Trinajstić information content (AvgIpc) is 3.31. The summed E-state index contributed by atoms with van der Waals surface area (Å²) >= 11 is 7.56. The summed E-state index contributed by atoms with van der Waals surface area (Å²) in [5, 5.41) is 7.20. The number of rotatable bonds is 7. The van der Waals surface area contributed by atoms with Gasteiger partial charge in [0.25, 0.3) is 0 Å². The van der Waals surface area contributed by atoms with Crippen LogP contribution in [0.4, 0.5) is 21.9 Å². The number of aromatic nitrogens is 1. The molecule has 174 valence electrons. The minimum atomic E-state index is -0.275. The summed E-state index contributed by atoms with van der Waals surface area (Å²) in [6, 6.07) is 12.9. The third-order valence-corrected chi connectivity index (χ3v) is 6.94. The van der Waals surface area contributed by atoms with Gasteiger partial charge >= 0.3 is 6.09 Å². The molecular weight excluding hydrogens is 460 g/mol. The third kappa shape index (κ3) is 6.07. The van der Waals surface area contributed by atoms with E-state index >= 15 is 0 Å². The zero-order valence-corrected chi connectivity index (χ0v) is 19.7. The van der Waals surface area contributed by atoms with Gasteiger partial charge in [-0.05, 0) is 48.7 Å². The van der Waals surface area contributed by atoms with Gasteiger partial charge in [0.2, 0.25) is 0 Å². The molecule has 1 aliphatic rings. The molecule has 0 aliphatic carbocycles. The fraction of sp³-hybridized carbons (Fsp3) is 0.304. The molecule has 1 fully saturated rings. The Morgan fingerprint density at radius 3 is 2.67 bits per heavy atom. The molecule has 6 N–H and O–H groups in total. The molecule has 1 aromatic heterocycles. The Morgan fingerprint density at radius 1 is 1.21 bits per heavy atom. The first-order valence-electron chi connectivity index (χ1n) is 10.7. The van der Waals surface area contributed by atoms with Gasteiger partial charge in [-0.15, -0.1) is 11.3 Å². The summed E-state index contributed by atoms with van der Waals surface area (Å²) in [6.07, 6.45) is 1.48. The van der Waals surface area contributed by atoms with Gasteiger partial charge in [-0.3, -0.25) is 5.84 Å². The normalized spacial score (nSPS) is 14.2. The van der Waals surface area contributed by atoms with Crippen molar-refractivity contribution in [2.24, 2.45) is 5.84 Å². The van der Waals surface area contributed by atoms with Gasteiger partial charge in [-0.1, -0.05) is 23.7 Å². The van der Waals surface area contributed by atoms with Gasteiger partial charge in [0, 0.05) is 35.1 Å². The fourth-order valence-electron chi connectivity index (χ4n) is 3.71. The Kier molecular flexibility index (Phi) is 7.54. The van der Waals surface area contributed by atoms with Crippen LogP contribution >= 0.6 is 22.9 Å². The Balaban J connectivity index is 1.23. The van der Waals surface area contributed by atoms with Crippen molar-refractivity contribution in [3.63, 3.8) is 0 Å². The lowest BCUT2D eigenvalue weighted by atomic mass is 9.98. The van der Waals surface area contributed by atoms with Gasteiger partial charge in [-0.2, -0.15) is 0 Å². The first-order valence-corrected chi connectivity index (χ1v) is 12.0. The van der Waals surface area contributed by atoms with E-state index in [1.165, 1.54) is 0 Å². The quantitative estimate of drug-likeness (QED) is 0.215. The Morgan fingerprint density at radius 2 is 1.97 bits per heavy atom. The molecule has 0 atom stereocenters. The van der Waals surface area contributed by atoms with E-state index in [2.05, 4.69) is 16.1 Å². The number of nitrogen functional groups attached to an aromatic ring is 2. The van der Waals surface area contributed by atoms with Crippen LogP contribution in [0.15, 0.2) is 47.8 Å². The number of nitrogens with one attached hydrogen (secondary N) is 2. The lowest BCUT2D eigenvalue weighted by Crippen LogP contribution is -2.38. The number of nitrogens with zero attached hydrogens (tertiary/aromatic N) is 2. The maximum absolute atomic E-state index is 12.4. The number of carbonyl (C=O) groups is 1. The molecule has 1 aliphatic heterocycles. The van der Waals surface area contributed by atoms with Gasteiger partial charge in [0.15, 0.2) is 0 Å². The molecule has 8 nitrogen and oxygen atoms in total. The molecule has 2 aromatic carbocycles. The van der Waals surface area contributed by atoms with Gasteiger partial charge < -0.3 is 26.1 Å². The Bertz CT molecular complexity index is 1080. The number of likely N-dealkylation sites (tertiary alicyclic amines) is 1. The summed E-state index contributed by atoms with van der Waals surface area (Å²) in [7, 11) is 0. The van der Waals surface area contributed by atoms with E-state index in [0.717, 1.165) is 34.8 Å². The number of thiazole rings is 1. The first-order chi connectivity index (χ1) is 16.0. The monoisotopic (exact) mass is 486 g/mol. The number of hydrogen-bond donors (Lipinski definition) is 4. The van der Waals surface area contributed by atoms with Crippen LogP contribution in [0.5, 0.6) is 0 Å². The SMILES string of the molecule is NNc1ccc(NCc2csc(C3CCN(C(=O)OCc4ccc(Cl)cc4)CC3)n2)cc1N. The number of nitrogens with two attached hydrogens (primary N) is 2. The van der Waals surface area contributed by atoms with Gasteiger partial charge in [0.1, 0.15) is 6.61 Å². The van der Waals surface area contributed by atoms with Crippen molar-refractivity contribution in [2.45, 2.75) is 31.9 Å². The number of halogens is 1. The molecule has 10 heteroatoms.